The maximum atomic E-state index is 12.0. The Morgan fingerprint density at radius 2 is 2.00 bits per heavy atom. The second kappa shape index (κ2) is 9.71. The van der Waals surface area contributed by atoms with Gasteiger partial charge in [-0.3, -0.25) is 4.79 Å². The molecular weight excluding hydrogens is 298 g/mol. The molecule has 0 heterocycles. The number of hydrogen-bond donors (Lipinski definition) is 2. The van der Waals surface area contributed by atoms with Crippen molar-refractivity contribution in [3.63, 3.8) is 0 Å². The minimum absolute atomic E-state index is 0.194. The van der Waals surface area contributed by atoms with Gasteiger partial charge in [0.15, 0.2) is 0 Å². The van der Waals surface area contributed by atoms with E-state index in [0.717, 1.165) is 18.4 Å². The highest BCUT2D eigenvalue weighted by Gasteiger charge is 2.19. The van der Waals surface area contributed by atoms with Crippen LogP contribution in [0.5, 0.6) is 11.5 Å². The average Bonchev–Trinajstić information content (AvgIpc) is 2.56. The van der Waals surface area contributed by atoms with E-state index in [1.54, 1.807) is 26.4 Å². The number of carboxylic acid groups (broad SMARTS) is 1. The van der Waals surface area contributed by atoms with Crippen molar-refractivity contribution in [1.29, 1.82) is 0 Å². The largest absolute Gasteiger partial charge is 0.497 e. The number of carbonyl (C=O) groups is 2. The summed E-state index contributed by atoms with van der Waals surface area (Å²) in [5, 5.41) is 11.7. The van der Waals surface area contributed by atoms with Gasteiger partial charge < -0.3 is 19.9 Å². The third-order valence-electron chi connectivity index (χ3n) is 3.59. The molecule has 0 aliphatic rings. The van der Waals surface area contributed by atoms with Gasteiger partial charge in [0.05, 0.1) is 14.2 Å². The molecule has 0 saturated carbocycles. The second-order valence-electron chi connectivity index (χ2n) is 5.28. The minimum atomic E-state index is -0.995. The lowest BCUT2D eigenvalue weighted by molar-refractivity contribution is -0.142. The van der Waals surface area contributed by atoms with Gasteiger partial charge in [-0.15, -0.1) is 0 Å². The van der Waals surface area contributed by atoms with Crippen molar-refractivity contribution in [2.45, 2.75) is 45.1 Å². The first kappa shape index (κ1) is 18.8. The van der Waals surface area contributed by atoms with E-state index in [1.807, 2.05) is 13.0 Å². The van der Waals surface area contributed by atoms with Crippen molar-refractivity contribution >= 4 is 11.9 Å². The Labute approximate surface area is 136 Å². The van der Waals surface area contributed by atoms with Crippen LogP contribution in [0.1, 0.15) is 38.2 Å². The van der Waals surface area contributed by atoms with Crippen molar-refractivity contribution in [1.82, 2.24) is 5.32 Å². The maximum absolute atomic E-state index is 12.0. The lowest BCUT2D eigenvalue weighted by Gasteiger charge is -2.15. The third-order valence-corrected chi connectivity index (χ3v) is 3.59. The first-order chi connectivity index (χ1) is 11.0. The molecule has 0 aliphatic heterocycles. The Balaban J connectivity index is 2.62. The van der Waals surface area contributed by atoms with Gasteiger partial charge in [-0.05, 0) is 36.6 Å². The smallest absolute Gasteiger partial charge is 0.326 e. The number of carboxylic acids is 1. The van der Waals surface area contributed by atoms with Crippen molar-refractivity contribution in [2.75, 3.05) is 14.2 Å². The summed E-state index contributed by atoms with van der Waals surface area (Å²) in [6, 6.07) is 4.56. The van der Waals surface area contributed by atoms with Gasteiger partial charge >= 0.3 is 5.97 Å². The van der Waals surface area contributed by atoms with Crippen LogP contribution in [0, 0.1) is 0 Å². The topological polar surface area (TPSA) is 84.9 Å². The molecule has 0 saturated heterocycles. The van der Waals surface area contributed by atoms with E-state index in [4.69, 9.17) is 14.6 Å². The molecule has 0 radical (unpaired) electrons. The number of aliphatic carboxylic acids is 1. The fraction of sp³-hybridized carbons (Fsp3) is 0.529. The highest BCUT2D eigenvalue weighted by atomic mass is 16.5. The molecule has 2 N–H and O–H groups in total. The predicted molar refractivity (Wildman–Crippen MR) is 87.0 cm³/mol. The molecule has 0 bridgehead atoms. The van der Waals surface area contributed by atoms with Crippen LogP contribution < -0.4 is 14.8 Å². The zero-order chi connectivity index (χ0) is 17.2. The summed E-state index contributed by atoms with van der Waals surface area (Å²) in [6.07, 6.45) is 2.74. The molecular formula is C17H25NO5. The lowest BCUT2D eigenvalue weighted by atomic mass is 10.1. The standard InChI is InChI=1S/C17H25NO5/c1-4-5-6-14(17(20)21)18-16(19)10-7-12-11-13(22-2)8-9-15(12)23-3/h8-9,11,14H,4-7,10H2,1-3H3,(H,18,19)(H,20,21). The zero-order valence-corrected chi connectivity index (χ0v) is 13.9. The predicted octanol–water partition coefficient (Wildman–Crippen LogP) is 2.40. The van der Waals surface area contributed by atoms with Crippen LogP contribution in [0.4, 0.5) is 0 Å². The number of nitrogens with one attached hydrogen (secondary N) is 1. The molecule has 6 heteroatoms. The second-order valence-corrected chi connectivity index (χ2v) is 5.28. The van der Waals surface area contributed by atoms with Gasteiger partial charge in [0.25, 0.3) is 0 Å². The van der Waals surface area contributed by atoms with Gasteiger partial charge in [-0.2, -0.15) is 0 Å². The summed E-state index contributed by atoms with van der Waals surface area (Å²) in [7, 11) is 3.14. The van der Waals surface area contributed by atoms with Gasteiger partial charge in [-0.1, -0.05) is 19.8 Å². The molecule has 128 valence electrons. The van der Waals surface area contributed by atoms with Crippen LogP contribution in [-0.4, -0.2) is 37.2 Å². The number of hydrogen-bond acceptors (Lipinski definition) is 4. The third kappa shape index (κ3) is 6.18. The number of aryl methyl sites for hydroxylation is 1. The summed E-state index contributed by atoms with van der Waals surface area (Å²) in [6.45, 7) is 1.98. The number of carbonyl (C=O) groups excluding carboxylic acids is 1. The fourth-order valence-electron chi connectivity index (χ4n) is 2.26. The Morgan fingerprint density at radius 1 is 1.26 bits per heavy atom. The number of unbranched alkanes of at least 4 members (excludes halogenated alkanes) is 1. The number of amides is 1. The molecule has 0 spiro atoms. The van der Waals surface area contributed by atoms with Crippen LogP contribution in [0.3, 0.4) is 0 Å². The normalized spacial score (nSPS) is 11.6. The Kier molecular flexibility index (Phi) is 7.94. The summed E-state index contributed by atoms with van der Waals surface area (Å²) >= 11 is 0. The highest BCUT2D eigenvalue weighted by Crippen LogP contribution is 2.25. The highest BCUT2D eigenvalue weighted by molar-refractivity contribution is 5.83. The Hall–Kier alpha value is -2.24. The van der Waals surface area contributed by atoms with E-state index >= 15 is 0 Å². The van der Waals surface area contributed by atoms with Crippen LogP contribution in [0.2, 0.25) is 0 Å². The van der Waals surface area contributed by atoms with E-state index in [9.17, 15) is 9.59 Å². The van der Waals surface area contributed by atoms with E-state index in [-0.39, 0.29) is 12.3 Å². The Morgan fingerprint density at radius 3 is 2.57 bits per heavy atom. The summed E-state index contributed by atoms with van der Waals surface area (Å²) in [5.41, 5.74) is 0.849. The van der Waals surface area contributed by atoms with Crippen LogP contribution in [0.25, 0.3) is 0 Å². The average molecular weight is 323 g/mol. The van der Waals surface area contributed by atoms with E-state index in [1.165, 1.54) is 0 Å². The minimum Gasteiger partial charge on any atom is -0.497 e. The first-order valence-electron chi connectivity index (χ1n) is 7.74. The molecule has 1 atom stereocenters. The van der Waals surface area contributed by atoms with Gasteiger partial charge in [0, 0.05) is 6.42 Å². The van der Waals surface area contributed by atoms with Gasteiger partial charge in [0.1, 0.15) is 17.5 Å². The summed E-state index contributed by atoms with van der Waals surface area (Å²) in [5.74, 6) is 0.0936. The molecule has 1 rings (SSSR count). The van der Waals surface area contributed by atoms with Crippen molar-refractivity contribution in [3.8, 4) is 11.5 Å². The number of methoxy groups -OCH3 is 2. The van der Waals surface area contributed by atoms with E-state index in [0.29, 0.717) is 24.3 Å². The number of ether oxygens (including phenoxy) is 2. The molecule has 0 aliphatic carbocycles. The molecule has 1 amide bonds. The molecule has 0 aromatic heterocycles. The molecule has 1 aromatic rings. The number of rotatable bonds is 10. The van der Waals surface area contributed by atoms with Crippen molar-refractivity contribution in [2.24, 2.45) is 0 Å². The maximum Gasteiger partial charge on any atom is 0.326 e. The zero-order valence-electron chi connectivity index (χ0n) is 13.9. The van der Waals surface area contributed by atoms with E-state index in [2.05, 4.69) is 5.32 Å². The molecule has 0 fully saturated rings. The van der Waals surface area contributed by atoms with Crippen molar-refractivity contribution < 1.29 is 24.2 Å². The quantitative estimate of drug-likeness (QED) is 0.690. The van der Waals surface area contributed by atoms with Gasteiger partial charge in [-0.25, -0.2) is 4.79 Å². The molecule has 1 aromatic carbocycles. The van der Waals surface area contributed by atoms with Crippen LogP contribution >= 0.6 is 0 Å². The van der Waals surface area contributed by atoms with Crippen molar-refractivity contribution in [3.05, 3.63) is 23.8 Å². The van der Waals surface area contributed by atoms with Crippen LogP contribution in [-0.2, 0) is 16.0 Å². The molecule has 23 heavy (non-hydrogen) atoms. The molecule has 1 unspecified atom stereocenters. The molecule has 6 nitrogen and oxygen atoms in total. The summed E-state index contributed by atoms with van der Waals surface area (Å²) in [4.78, 5) is 23.1. The monoisotopic (exact) mass is 323 g/mol. The first-order valence-corrected chi connectivity index (χ1v) is 7.74. The fourth-order valence-corrected chi connectivity index (χ4v) is 2.26. The van der Waals surface area contributed by atoms with Crippen LogP contribution in [0.15, 0.2) is 18.2 Å². The Bertz CT molecular complexity index is 530. The SMILES string of the molecule is CCCCC(NC(=O)CCc1cc(OC)ccc1OC)C(=O)O. The van der Waals surface area contributed by atoms with E-state index < -0.39 is 12.0 Å². The summed E-state index contributed by atoms with van der Waals surface area (Å²) < 4.78 is 10.4. The van der Waals surface area contributed by atoms with Gasteiger partial charge in [0.2, 0.25) is 5.91 Å². The lowest BCUT2D eigenvalue weighted by Crippen LogP contribution is -2.40. The number of benzene rings is 1.